The van der Waals surface area contributed by atoms with Crippen LogP contribution in [0.2, 0.25) is 0 Å². The molecule has 2 aliphatic rings. The van der Waals surface area contributed by atoms with Gasteiger partial charge in [0.05, 0.1) is 6.04 Å². The largest absolute Gasteiger partial charge is 0.299 e. The summed E-state index contributed by atoms with van der Waals surface area (Å²) >= 11 is 0. The molecule has 1 atom stereocenters. The molecular formula is C18H18N2O. The van der Waals surface area contributed by atoms with Crippen LogP contribution >= 0.6 is 0 Å². The summed E-state index contributed by atoms with van der Waals surface area (Å²) in [6.45, 7) is 1.59. The maximum absolute atomic E-state index is 11.8. The number of hydrazine groups is 1. The van der Waals surface area contributed by atoms with Crippen molar-refractivity contribution < 1.29 is 4.79 Å². The molecule has 0 bridgehead atoms. The summed E-state index contributed by atoms with van der Waals surface area (Å²) in [5.41, 5.74) is 6.61. The normalized spacial score (nSPS) is 20.6. The van der Waals surface area contributed by atoms with Gasteiger partial charge in [-0.3, -0.25) is 10.2 Å². The van der Waals surface area contributed by atoms with Crippen LogP contribution in [0.5, 0.6) is 0 Å². The third-order valence-corrected chi connectivity index (χ3v) is 3.66. The summed E-state index contributed by atoms with van der Waals surface area (Å²) in [4.78, 5) is 11.8. The Balaban J connectivity index is 1.81. The van der Waals surface area contributed by atoms with Gasteiger partial charge in [-0.1, -0.05) is 66.8 Å². The first kappa shape index (κ1) is 13.4. The van der Waals surface area contributed by atoms with Gasteiger partial charge in [-0.05, 0) is 11.1 Å². The number of nitrogens with one attached hydrogen (secondary N) is 1. The lowest BCUT2D eigenvalue weighted by molar-refractivity contribution is -0.131. The average Bonchev–Trinajstić information content (AvgIpc) is 3.15. The molecule has 1 amide bonds. The van der Waals surface area contributed by atoms with Gasteiger partial charge in [-0.25, -0.2) is 5.01 Å². The third kappa shape index (κ3) is 2.97. The zero-order chi connectivity index (χ0) is 14.7. The predicted octanol–water partition coefficient (Wildman–Crippen LogP) is 3.21. The fourth-order valence-corrected chi connectivity index (χ4v) is 2.58. The van der Waals surface area contributed by atoms with E-state index in [2.05, 4.69) is 41.9 Å². The molecule has 1 N–H and O–H groups in total. The molecule has 3 heteroatoms. The Hall–Kier alpha value is -2.55. The number of amides is 1. The quantitative estimate of drug-likeness (QED) is 0.901. The molecular weight excluding hydrogens is 260 g/mol. The lowest BCUT2D eigenvalue weighted by Gasteiger charge is -2.19. The Morgan fingerprint density at radius 1 is 1.24 bits per heavy atom. The molecule has 0 saturated carbocycles. The van der Waals surface area contributed by atoms with Crippen molar-refractivity contribution in [2.75, 3.05) is 0 Å². The molecule has 0 radical (unpaired) electrons. The monoisotopic (exact) mass is 278 g/mol. The number of rotatable bonds is 2. The highest BCUT2D eigenvalue weighted by Crippen LogP contribution is 2.25. The maximum Gasteiger partial charge on any atom is 0.238 e. The molecule has 1 aliphatic heterocycles. The van der Waals surface area contributed by atoms with Gasteiger partial charge >= 0.3 is 0 Å². The molecule has 21 heavy (non-hydrogen) atoms. The highest BCUT2D eigenvalue weighted by atomic mass is 16.2. The lowest BCUT2D eigenvalue weighted by Crippen LogP contribution is -2.39. The van der Waals surface area contributed by atoms with Crippen molar-refractivity contribution in [1.29, 1.82) is 0 Å². The minimum absolute atomic E-state index is 0.0271. The topological polar surface area (TPSA) is 32.3 Å². The molecule has 1 saturated heterocycles. The number of allylic oxidation sites excluding steroid dienone is 5. The first-order valence-corrected chi connectivity index (χ1v) is 7.11. The molecule has 3 rings (SSSR count). The zero-order valence-electron chi connectivity index (χ0n) is 12.0. The van der Waals surface area contributed by atoms with Crippen molar-refractivity contribution in [1.82, 2.24) is 10.4 Å². The summed E-state index contributed by atoms with van der Waals surface area (Å²) < 4.78 is 0. The van der Waals surface area contributed by atoms with Crippen LogP contribution in [0.15, 0.2) is 72.0 Å². The number of nitrogens with zero attached hydrogens (tertiary/aromatic N) is 1. The van der Waals surface area contributed by atoms with Crippen molar-refractivity contribution in [2.45, 2.75) is 19.4 Å². The molecule has 106 valence electrons. The van der Waals surface area contributed by atoms with Crippen LogP contribution in [0.3, 0.4) is 0 Å². The lowest BCUT2D eigenvalue weighted by atomic mass is 10.1. The van der Waals surface area contributed by atoms with E-state index in [1.165, 1.54) is 0 Å². The fraction of sp³-hybridized carbons (Fsp3) is 0.167. The number of carbonyl (C=O) groups is 1. The van der Waals surface area contributed by atoms with Crippen LogP contribution in [0.4, 0.5) is 0 Å². The number of carbonyl (C=O) groups excluding carboxylic acids is 1. The highest BCUT2D eigenvalue weighted by molar-refractivity contribution is 5.74. The Kier molecular flexibility index (Phi) is 3.73. The molecule has 1 heterocycles. The minimum atomic E-state index is 0.0271. The number of hydrogen-bond donors (Lipinski definition) is 1. The Labute approximate surface area is 124 Å². The van der Waals surface area contributed by atoms with Crippen molar-refractivity contribution >= 4 is 12.0 Å². The van der Waals surface area contributed by atoms with Crippen molar-refractivity contribution in [3.63, 3.8) is 0 Å². The van der Waals surface area contributed by atoms with Gasteiger partial charge in [0.2, 0.25) is 5.91 Å². The third-order valence-electron chi connectivity index (χ3n) is 3.66. The second-order valence-corrected chi connectivity index (χ2v) is 5.19. The summed E-state index contributed by atoms with van der Waals surface area (Å²) in [7, 11) is 0. The van der Waals surface area contributed by atoms with E-state index >= 15 is 0 Å². The van der Waals surface area contributed by atoms with Gasteiger partial charge in [-0.2, -0.15) is 0 Å². The Morgan fingerprint density at radius 3 is 2.62 bits per heavy atom. The number of hydrogen-bond acceptors (Lipinski definition) is 2. The average molecular weight is 278 g/mol. The molecule has 0 spiro atoms. The number of benzene rings is 1. The first-order chi connectivity index (χ1) is 10.2. The second-order valence-electron chi connectivity index (χ2n) is 5.19. The van der Waals surface area contributed by atoms with Crippen LogP contribution in [0, 0.1) is 0 Å². The van der Waals surface area contributed by atoms with Crippen LogP contribution in [0.1, 0.15) is 18.9 Å². The van der Waals surface area contributed by atoms with Gasteiger partial charge < -0.3 is 0 Å². The molecule has 1 aliphatic carbocycles. The van der Waals surface area contributed by atoms with Gasteiger partial charge in [0.1, 0.15) is 0 Å². The van der Waals surface area contributed by atoms with Crippen molar-refractivity contribution in [3.05, 3.63) is 77.5 Å². The van der Waals surface area contributed by atoms with Crippen LogP contribution in [-0.2, 0) is 4.79 Å². The smallest absolute Gasteiger partial charge is 0.238 e. The van der Waals surface area contributed by atoms with Crippen LogP contribution < -0.4 is 5.43 Å². The first-order valence-electron chi connectivity index (χ1n) is 7.11. The van der Waals surface area contributed by atoms with E-state index in [-0.39, 0.29) is 11.9 Å². The molecule has 1 aromatic rings. The summed E-state index contributed by atoms with van der Waals surface area (Å²) in [6, 6.07) is 10.2. The maximum atomic E-state index is 11.8. The fourth-order valence-electron chi connectivity index (χ4n) is 2.58. The zero-order valence-corrected chi connectivity index (χ0v) is 12.0. The Morgan fingerprint density at radius 2 is 1.95 bits per heavy atom. The van der Waals surface area contributed by atoms with E-state index in [1.54, 1.807) is 11.9 Å². The van der Waals surface area contributed by atoms with Gasteiger partial charge in [0.25, 0.3) is 0 Å². The van der Waals surface area contributed by atoms with Gasteiger partial charge in [-0.15, -0.1) is 0 Å². The van der Waals surface area contributed by atoms with E-state index in [0.29, 0.717) is 0 Å². The standard InChI is InChI=1S/C18H18N2O/c1-14(21)20-17(12-11-15-7-3-2-4-8-15)13-18(19-20)16-9-5-6-10-16/h2-12,17,19H,13H2,1H3. The van der Waals surface area contributed by atoms with E-state index in [4.69, 9.17) is 0 Å². The van der Waals surface area contributed by atoms with E-state index < -0.39 is 0 Å². The van der Waals surface area contributed by atoms with E-state index in [1.807, 2.05) is 30.4 Å². The minimum Gasteiger partial charge on any atom is -0.299 e. The summed E-state index contributed by atoms with van der Waals surface area (Å²) in [5.74, 6) is 0.0271. The Bertz CT molecular complexity index is 639. The van der Waals surface area contributed by atoms with E-state index in [0.717, 1.165) is 23.3 Å². The van der Waals surface area contributed by atoms with Gasteiger partial charge in [0, 0.05) is 19.0 Å². The van der Waals surface area contributed by atoms with Crippen molar-refractivity contribution in [3.8, 4) is 0 Å². The van der Waals surface area contributed by atoms with Crippen LogP contribution in [-0.4, -0.2) is 17.0 Å². The molecule has 0 aromatic heterocycles. The SMILES string of the molecule is CC(=O)N1NC(=C2C=CC=C2)CC1C=Cc1ccccc1. The molecule has 1 fully saturated rings. The molecule has 1 aromatic carbocycles. The van der Waals surface area contributed by atoms with E-state index in [9.17, 15) is 4.79 Å². The predicted molar refractivity (Wildman–Crippen MR) is 84.8 cm³/mol. The second kappa shape index (κ2) is 5.83. The summed E-state index contributed by atoms with van der Waals surface area (Å²) in [6.07, 6.45) is 13.1. The molecule has 1 unspecified atom stereocenters. The molecule has 3 nitrogen and oxygen atoms in total. The van der Waals surface area contributed by atoms with Crippen LogP contribution in [0.25, 0.3) is 6.08 Å². The van der Waals surface area contributed by atoms with Crippen molar-refractivity contribution in [2.24, 2.45) is 0 Å². The highest BCUT2D eigenvalue weighted by Gasteiger charge is 2.29. The summed E-state index contributed by atoms with van der Waals surface area (Å²) in [5, 5.41) is 1.70. The van der Waals surface area contributed by atoms with Gasteiger partial charge in [0.15, 0.2) is 0 Å².